The molecule has 0 heterocycles. The van der Waals surface area contributed by atoms with E-state index >= 15 is 0 Å². The summed E-state index contributed by atoms with van der Waals surface area (Å²) in [5, 5.41) is 11.8. The van der Waals surface area contributed by atoms with Crippen LogP contribution in [0.3, 0.4) is 0 Å². The summed E-state index contributed by atoms with van der Waals surface area (Å²) in [6.45, 7) is 0. The van der Waals surface area contributed by atoms with Gasteiger partial charge in [0.2, 0.25) is 0 Å². The Kier molecular flexibility index (Phi) is 4.25. The Balaban J connectivity index is 2.16. The number of halogens is 1. The van der Waals surface area contributed by atoms with E-state index in [-0.39, 0.29) is 16.5 Å². The zero-order valence-electron chi connectivity index (χ0n) is 12.0. The van der Waals surface area contributed by atoms with Crippen LogP contribution in [0, 0.1) is 10.1 Å². The largest absolute Gasteiger partial charge is 0.278 e. The number of hydrogen-bond acceptors (Lipinski definition) is 2. The van der Waals surface area contributed by atoms with E-state index in [9.17, 15) is 10.1 Å². The summed E-state index contributed by atoms with van der Waals surface area (Å²) >= 11 is 6.33. The molecule has 1 unspecified atom stereocenters. The predicted molar refractivity (Wildman–Crippen MR) is 89.3 cm³/mol. The normalized spacial score (nSPS) is 17.4. The van der Waals surface area contributed by atoms with Gasteiger partial charge in [-0.25, -0.2) is 0 Å². The van der Waals surface area contributed by atoms with E-state index < -0.39 is 0 Å². The lowest BCUT2D eigenvalue weighted by Gasteiger charge is -2.19. The maximum atomic E-state index is 11.4. The molecule has 2 aromatic carbocycles. The third-order valence-corrected chi connectivity index (χ3v) is 4.38. The number of rotatable bonds is 3. The topological polar surface area (TPSA) is 43.1 Å². The molecule has 0 aliphatic heterocycles. The Hall–Kier alpha value is -2.13. The molecule has 1 atom stereocenters. The van der Waals surface area contributed by atoms with Gasteiger partial charge in [0.25, 0.3) is 5.69 Å². The zero-order chi connectivity index (χ0) is 15.5. The number of nitro groups is 1. The minimum Gasteiger partial charge on any atom is -0.258 e. The fourth-order valence-electron chi connectivity index (χ4n) is 2.94. The van der Waals surface area contributed by atoms with Gasteiger partial charge in [0.1, 0.15) is 0 Å². The van der Waals surface area contributed by atoms with Gasteiger partial charge >= 0.3 is 0 Å². The average molecular weight is 314 g/mol. The third-order valence-electron chi connectivity index (χ3n) is 4.05. The molecule has 22 heavy (non-hydrogen) atoms. The molecule has 0 spiro atoms. The van der Waals surface area contributed by atoms with Gasteiger partial charge in [-0.1, -0.05) is 54.1 Å². The number of nitrogens with zero attached hydrogens (tertiary/aromatic N) is 1. The van der Waals surface area contributed by atoms with Crippen molar-refractivity contribution >= 4 is 17.3 Å². The second kappa shape index (κ2) is 6.32. The summed E-state index contributed by atoms with van der Waals surface area (Å²) in [4.78, 5) is 11.0. The molecule has 112 valence electrons. The van der Waals surface area contributed by atoms with Crippen molar-refractivity contribution in [2.24, 2.45) is 0 Å². The van der Waals surface area contributed by atoms with E-state index in [0.717, 1.165) is 30.4 Å². The SMILES string of the molecule is O=[N+]([O-])c1cc(Cl)c(C2C=CCCC2)cc1-c1ccccc1. The minimum atomic E-state index is -0.366. The number of benzene rings is 2. The summed E-state index contributed by atoms with van der Waals surface area (Å²) in [5.74, 6) is 0.240. The third kappa shape index (κ3) is 2.90. The molecule has 0 saturated carbocycles. The van der Waals surface area contributed by atoms with Crippen molar-refractivity contribution in [3.05, 3.63) is 75.3 Å². The molecule has 0 amide bonds. The van der Waals surface area contributed by atoms with Crippen molar-refractivity contribution in [2.75, 3.05) is 0 Å². The highest BCUT2D eigenvalue weighted by Crippen LogP contribution is 2.40. The smallest absolute Gasteiger partial charge is 0.258 e. The monoisotopic (exact) mass is 313 g/mol. The molecule has 3 rings (SSSR count). The van der Waals surface area contributed by atoms with Crippen LogP contribution in [0.1, 0.15) is 30.7 Å². The molecular weight excluding hydrogens is 298 g/mol. The Labute approximate surface area is 134 Å². The number of hydrogen-bond donors (Lipinski definition) is 0. The van der Waals surface area contributed by atoms with E-state index in [1.807, 2.05) is 36.4 Å². The summed E-state index contributed by atoms with van der Waals surface area (Å²) < 4.78 is 0. The van der Waals surface area contributed by atoms with E-state index in [1.165, 1.54) is 6.07 Å². The molecule has 2 aromatic rings. The first-order valence-electron chi connectivity index (χ1n) is 7.36. The van der Waals surface area contributed by atoms with Crippen LogP contribution >= 0.6 is 11.6 Å². The second-order valence-corrected chi connectivity index (χ2v) is 5.89. The summed E-state index contributed by atoms with van der Waals surface area (Å²) in [7, 11) is 0. The molecule has 1 aliphatic carbocycles. The van der Waals surface area contributed by atoms with E-state index in [0.29, 0.717) is 10.6 Å². The van der Waals surface area contributed by atoms with E-state index in [1.54, 1.807) is 0 Å². The van der Waals surface area contributed by atoms with Gasteiger partial charge in [0.15, 0.2) is 0 Å². The van der Waals surface area contributed by atoms with Crippen LogP contribution in [0.4, 0.5) is 5.69 Å². The van der Waals surface area contributed by atoms with Crippen LogP contribution in [-0.2, 0) is 0 Å². The predicted octanol–water partition coefficient (Wildman–Crippen LogP) is 5.74. The van der Waals surface area contributed by atoms with Crippen molar-refractivity contribution in [3.8, 4) is 11.1 Å². The maximum absolute atomic E-state index is 11.4. The quantitative estimate of drug-likeness (QED) is 0.412. The lowest BCUT2D eigenvalue weighted by atomic mass is 9.87. The molecule has 3 nitrogen and oxygen atoms in total. The fraction of sp³-hybridized carbons (Fsp3) is 0.222. The molecular formula is C18H16ClNO2. The number of nitro benzene ring substituents is 1. The average Bonchev–Trinajstić information content (AvgIpc) is 2.56. The van der Waals surface area contributed by atoms with Crippen LogP contribution in [0.15, 0.2) is 54.6 Å². The number of allylic oxidation sites excluding steroid dienone is 2. The summed E-state index contributed by atoms with van der Waals surface area (Å²) in [5.41, 5.74) is 2.50. The first kappa shape index (κ1) is 14.8. The van der Waals surface area contributed by atoms with Gasteiger partial charge in [0.05, 0.1) is 15.5 Å². The molecule has 0 saturated heterocycles. The van der Waals surface area contributed by atoms with E-state index in [2.05, 4.69) is 12.2 Å². The fourth-order valence-corrected chi connectivity index (χ4v) is 3.23. The van der Waals surface area contributed by atoms with Crippen molar-refractivity contribution in [1.82, 2.24) is 0 Å². The highest BCUT2D eigenvalue weighted by molar-refractivity contribution is 6.31. The minimum absolute atomic E-state index is 0.0553. The summed E-state index contributed by atoms with van der Waals surface area (Å²) in [6, 6.07) is 12.8. The highest BCUT2D eigenvalue weighted by Gasteiger charge is 2.22. The van der Waals surface area contributed by atoms with Gasteiger partial charge in [-0.15, -0.1) is 0 Å². The lowest BCUT2D eigenvalue weighted by Crippen LogP contribution is -2.02. The zero-order valence-corrected chi connectivity index (χ0v) is 12.8. The lowest BCUT2D eigenvalue weighted by molar-refractivity contribution is -0.384. The van der Waals surface area contributed by atoms with Gasteiger partial charge < -0.3 is 0 Å². The van der Waals surface area contributed by atoms with E-state index in [4.69, 9.17) is 11.6 Å². The van der Waals surface area contributed by atoms with Crippen molar-refractivity contribution in [2.45, 2.75) is 25.2 Å². The maximum Gasteiger partial charge on any atom is 0.278 e. The van der Waals surface area contributed by atoms with Crippen molar-refractivity contribution < 1.29 is 4.92 Å². The molecule has 4 heteroatoms. The Morgan fingerprint density at radius 2 is 1.95 bits per heavy atom. The van der Waals surface area contributed by atoms with Crippen LogP contribution in [-0.4, -0.2) is 4.92 Å². The van der Waals surface area contributed by atoms with Crippen LogP contribution < -0.4 is 0 Å². The van der Waals surface area contributed by atoms with Gasteiger partial charge in [-0.2, -0.15) is 0 Å². The molecule has 0 bridgehead atoms. The first-order chi connectivity index (χ1) is 10.7. The molecule has 1 aliphatic rings. The Morgan fingerprint density at radius 3 is 2.59 bits per heavy atom. The Bertz CT molecular complexity index is 725. The summed E-state index contributed by atoms with van der Waals surface area (Å²) in [6.07, 6.45) is 7.56. The van der Waals surface area contributed by atoms with Gasteiger partial charge in [0, 0.05) is 12.0 Å². The van der Waals surface area contributed by atoms with Gasteiger partial charge in [-0.3, -0.25) is 10.1 Å². The first-order valence-corrected chi connectivity index (χ1v) is 7.74. The second-order valence-electron chi connectivity index (χ2n) is 5.48. The Morgan fingerprint density at radius 1 is 1.18 bits per heavy atom. The van der Waals surface area contributed by atoms with Crippen molar-refractivity contribution in [1.29, 1.82) is 0 Å². The molecule has 0 radical (unpaired) electrons. The molecule has 0 fully saturated rings. The van der Waals surface area contributed by atoms with Crippen LogP contribution in [0.2, 0.25) is 5.02 Å². The standard InChI is InChI=1S/C18H16ClNO2/c19-17-12-18(20(21)22)16(14-9-5-2-6-10-14)11-15(17)13-7-3-1-4-8-13/h2-3,5-7,9-13H,1,4,8H2. The molecule has 0 aromatic heterocycles. The van der Waals surface area contributed by atoms with Crippen LogP contribution in [0.25, 0.3) is 11.1 Å². The molecule has 0 N–H and O–H groups in total. The van der Waals surface area contributed by atoms with Crippen molar-refractivity contribution in [3.63, 3.8) is 0 Å². The van der Waals surface area contributed by atoms with Crippen LogP contribution in [0.5, 0.6) is 0 Å². The van der Waals surface area contributed by atoms with Gasteiger partial charge in [-0.05, 0) is 36.5 Å². The highest BCUT2D eigenvalue weighted by atomic mass is 35.5.